The standard InChI is InChI=1S/C29H57NO4/c1-3-5-7-9-11-13-15-17-19-21-25-33-28(31)24-23-27(30)29(32)34-26-22-20-18-16-14-12-10-8-6-4-2/h27H,3-26,30H2,1-2H3/t27-/m0/s1. The Kier molecular flexibility index (Phi) is 25.6. The fourth-order valence-corrected chi connectivity index (χ4v) is 4.11. The zero-order valence-corrected chi connectivity index (χ0v) is 22.8. The van der Waals surface area contributed by atoms with Crippen LogP contribution in [-0.4, -0.2) is 31.2 Å². The lowest BCUT2D eigenvalue weighted by Crippen LogP contribution is -2.33. The first-order chi connectivity index (χ1) is 16.6. The number of unbranched alkanes of at least 4 members (excludes halogenated alkanes) is 18. The fraction of sp³-hybridized carbons (Fsp3) is 0.931. The van der Waals surface area contributed by atoms with Crippen LogP contribution in [0.15, 0.2) is 0 Å². The van der Waals surface area contributed by atoms with Gasteiger partial charge in [-0.25, -0.2) is 0 Å². The lowest BCUT2D eigenvalue weighted by Gasteiger charge is -2.11. The van der Waals surface area contributed by atoms with Crippen molar-refractivity contribution in [2.75, 3.05) is 13.2 Å². The van der Waals surface area contributed by atoms with E-state index >= 15 is 0 Å². The van der Waals surface area contributed by atoms with Crippen LogP contribution in [0.25, 0.3) is 0 Å². The average molecular weight is 484 g/mol. The summed E-state index contributed by atoms with van der Waals surface area (Å²) < 4.78 is 10.5. The van der Waals surface area contributed by atoms with Gasteiger partial charge < -0.3 is 15.2 Å². The summed E-state index contributed by atoms with van der Waals surface area (Å²) in [6.07, 6.45) is 25.5. The number of rotatable bonds is 26. The first-order valence-electron chi connectivity index (χ1n) is 14.7. The van der Waals surface area contributed by atoms with E-state index in [1.54, 1.807) is 0 Å². The summed E-state index contributed by atoms with van der Waals surface area (Å²) in [5, 5.41) is 0. The van der Waals surface area contributed by atoms with Crippen molar-refractivity contribution in [3.8, 4) is 0 Å². The smallest absolute Gasteiger partial charge is 0.322 e. The third-order valence-electron chi connectivity index (χ3n) is 6.47. The van der Waals surface area contributed by atoms with Crippen molar-refractivity contribution in [3.63, 3.8) is 0 Å². The Morgan fingerprint density at radius 2 is 0.912 bits per heavy atom. The molecule has 0 fully saturated rings. The molecule has 0 aliphatic rings. The predicted molar refractivity (Wildman–Crippen MR) is 143 cm³/mol. The molecule has 0 saturated carbocycles. The maximum absolute atomic E-state index is 12.0. The van der Waals surface area contributed by atoms with E-state index in [2.05, 4.69) is 13.8 Å². The summed E-state index contributed by atoms with van der Waals surface area (Å²) in [7, 11) is 0. The maximum atomic E-state index is 12.0. The van der Waals surface area contributed by atoms with Crippen LogP contribution in [0.1, 0.15) is 155 Å². The Labute approximate surface area is 211 Å². The number of esters is 2. The van der Waals surface area contributed by atoms with Crippen molar-refractivity contribution in [3.05, 3.63) is 0 Å². The molecule has 0 aromatic carbocycles. The molecular formula is C29H57NO4. The average Bonchev–Trinajstić information content (AvgIpc) is 2.84. The Hall–Kier alpha value is -1.10. The molecule has 5 heteroatoms. The van der Waals surface area contributed by atoms with E-state index in [1.165, 1.54) is 103 Å². The predicted octanol–water partition coefficient (Wildman–Crippen LogP) is 8.02. The lowest BCUT2D eigenvalue weighted by atomic mass is 10.1. The topological polar surface area (TPSA) is 78.6 Å². The molecule has 1 atom stereocenters. The molecule has 0 aliphatic carbocycles. The number of ether oxygens (including phenoxy) is 2. The van der Waals surface area contributed by atoms with Gasteiger partial charge in [-0.15, -0.1) is 0 Å². The molecule has 2 N–H and O–H groups in total. The van der Waals surface area contributed by atoms with Gasteiger partial charge in [0.1, 0.15) is 6.04 Å². The minimum Gasteiger partial charge on any atom is -0.466 e. The minimum absolute atomic E-state index is 0.173. The van der Waals surface area contributed by atoms with Gasteiger partial charge in [0.15, 0.2) is 0 Å². The molecule has 0 amide bonds. The zero-order valence-electron chi connectivity index (χ0n) is 22.8. The van der Waals surface area contributed by atoms with Crippen LogP contribution < -0.4 is 5.73 Å². The third-order valence-corrected chi connectivity index (χ3v) is 6.47. The highest BCUT2D eigenvalue weighted by atomic mass is 16.5. The van der Waals surface area contributed by atoms with Gasteiger partial charge in [-0.1, -0.05) is 129 Å². The van der Waals surface area contributed by atoms with Crippen LogP contribution in [0.5, 0.6) is 0 Å². The highest BCUT2D eigenvalue weighted by molar-refractivity contribution is 5.77. The molecule has 0 aromatic heterocycles. The largest absolute Gasteiger partial charge is 0.466 e. The molecule has 34 heavy (non-hydrogen) atoms. The van der Waals surface area contributed by atoms with Crippen LogP contribution >= 0.6 is 0 Å². The molecule has 0 spiro atoms. The molecule has 0 rings (SSSR count). The molecule has 0 radical (unpaired) electrons. The molecule has 0 aromatic rings. The number of hydrogen-bond acceptors (Lipinski definition) is 5. The van der Waals surface area contributed by atoms with Crippen molar-refractivity contribution in [1.82, 2.24) is 0 Å². The first kappa shape index (κ1) is 32.9. The van der Waals surface area contributed by atoms with Crippen molar-refractivity contribution in [2.45, 2.75) is 161 Å². The number of nitrogens with two attached hydrogens (primary N) is 1. The van der Waals surface area contributed by atoms with E-state index in [-0.39, 0.29) is 18.8 Å². The van der Waals surface area contributed by atoms with Crippen molar-refractivity contribution in [1.29, 1.82) is 0 Å². The van der Waals surface area contributed by atoms with Crippen molar-refractivity contribution < 1.29 is 19.1 Å². The molecule has 0 unspecified atom stereocenters. The summed E-state index contributed by atoms with van der Waals surface area (Å²) in [6, 6.07) is -0.743. The van der Waals surface area contributed by atoms with E-state index in [4.69, 9.17) is 15.2 Å². The second kappa shape index (κ2) is 26.5. The van der Waals surface area contributed by atoms with Crippen LogP contribution in [0.3, 0.4) is 0 Å². The first-order valence-corrected chi connectivity index (χ1v) is 14.7. The molecule has 0 saturated heterocycles. The summed E-state index contributed by atoms with van der Waals surface area (Å²) in [6.45, 7) is 5.38. The van der Waals surface area contributed by atoms with Crippen molar-refractivity contribution >= 4 is 11.9 Å². The van der Waals surface area contributed by atoms with Gasteiger partial charge in [-0.05, 0) is 19.3 Å². The van der Waals surface area contributed by atoms with Crippen molar-refractivity contribution in [2.24, 2.45) is 5.73 Å². The van der Waals surface area contributed by atoms with Gasteiger partial charge in [-0.2, -0.15) is 0 Å². The molecular weight excluding hydrogens is 426 g/mol. The molecule has 0 heterocycles. The molecule has 202 valence electrons. The van der Waals surface area contributed by atoms with Crippen LogP contribution in [0.4, 0.5) is 0 Å². The molecule has 0 bridgehead atoms. The Bertz CT molecular complexity index is 455. The Morgan fingerprint density at radius 3 is 1.32 bits per heavy atom. The Morgan fingerprint density at radius 1 is 0.559 bits per heavy atom. The summed E-state index contributed by atoms with van der Waals surface area (Å²) >= 11 is 0. The van der Waals surface area contributed by atoms with Gasteiger partial charge in [0.2, 0.25) is 0 Å². The van der Waals surface area contributed by atoms with Crippen LogP contribution in [-0.2, 0) is 19.1 Å². The Balaban J connectivity index is 3.44. The monoisotopic (exact) mass is 483 g/mol. The second-order valence-electron chi connectivity index (χ2n) is 9.90. The number of hydrogen-bond donors (Lipinski definition) is 1. The quantitative estimate of drug-likeness (QED) is 0.0995. The summed E-state index contributed by atoms with van der Waals surface area (Å²) in [5.41, 5.74) is 5.87. The highest BCUT2D eigenvalue weighted by Gasteiger charge is 2.17. The van der Waals surface area contributed by atoms with E-state index in [0.717, 1.165) is 25.7 Å². The lowest BCUT2D eigenvalue weighted by molar-refractivity contribution is -0.146. The highest BCUT2D eigenvalue weighted by Crippen LogP contribution is 2.12. The fourth-order valence-electron chi connectivity index (χ4n) is 4.11. The van der Waals surface area contributed by atoms with E-state index in [9.17, 15) is 9.59 Å². The van der Waals surface area contributed by atoms with Gasteiger partial charge in [0.25, 0.3) is 0 Å². The van der Waals surface area contributed by atoms with E-state index in [1.807, 2.05) is 0 Å². The van der Waals surface area contributed by atoms with E-state index < -0.39 is 12.0 Å². The SMILES string of the molecule is CCCCCCCCCCCCOC(=O)CC[C@H](N)C(=O)OCCCCCCCCCCCC. The van der Waals surface area contributed by atoms with E-state index in [0.29, 0.717) is 13.2 Å². The molecule has 0 aliphatic heterocycles. The summed E-state index contributed by atoms with van der Waals surface area (Å²) in [4.78, 5) is 23.8. The van der Waals surface area contributed by atoms with Gasteiger partial charge in [0, 0.05) is 6.42 Å². The second-order valence-corrected chi connectivity index (χ2v) is 9.90. The van der Waals surface area contributed by atoms with Crippen LogP contribution in [0, 0.1) is 0 Å². The normalized spacial score (nSPS) is 12.0. The van der Waals surface area contributed by atoms with Gasteiger partial charge >= 0.3 is 11.9 Å². The third kappa shape index (κ3) is 24.0. The zero-order chi connectivity index (χ0) is 25.1. The number of carbonyl (C=O) groups is 2. The minimum atomic E-state index is -0.743. The van der Waals surface area contributed by atoms with Crippen LogP contribution in [0.2, 0.25) is 0 Å². The number of carbonyl (C=O) groups excluding carboxylic acids is 2. The van der Waals surface area contributed by atoms with Gasteiger partial charge in [0.05, 0.1) is 13.2 Å². The summed E-state index contributed by atoms with van der Waals surface area (Å²) in [5.74, 6) is -0.674. The maximum Gasteiger partial charge on any atom is 0.322 e. The molecule has 5 nitrogen and oxygen atoms in total. The van der Waals surface area contributed by atoms with Gasteiger partial charge in [-0.3, -0.25) is 9.59 Å².